The Morgan fingerprint density at radius 3 is 2.64 bits per heavy atom. The first-order valence-corrected chi connectivity index (χ1v) is 10.3. The van der Waals surface area contributed by atoms with Crippen LogP contribution in [0.4, 0.5) is 0 Å². The van der Waals surface area contributed by atoms with Crippen LogP contribution in [0.3, 0.4) is 0 Å². The van der Waals surface area contributed by atoms with Crippen LogP contribution in [-0.2, 0) is 12.8 Å². The monoisotopic (exact) mass is 342 g/mol. The average molecular weight is 343 g/mol. The van der Waals surface area contributed by atoms with E-state index >= 15 is 0 Å². The van der Waals surface area contributed by atoms with Crippen molar-refractivity contribution in [3.8, 4) is 0 Å². The molecule has 0 saturated carbocycles. The smallest absolute Gasteiger partial charge is 0.129 e. The summed E-state index contributed by atoms with van der Waals surface area (Å²) >= 11 is 0. The lowest BCUT2D eigenvalue weighted by Crippen LogP contribution is -2.20. The van der Waals surface area contributed by atoms with Gasteiger partial charge in [-0.05, 0) is 70.6 Å². The van der Waals surface area contributed by atoms with E-state index in [9.17, 15) is 0 Å². The molecule has 1 aliphatic heterocycles. The van der Waals surface area contributed by atoms with Crippen LogP contribution >= 0.6 is 0 Å². The number of unbranched alkanes of at least 4 members (excludes halogenated alkanes) is 4. The number of nitrogens with zero attached hydrogens (tertiary/aromatic N) is 3. The maximum Gasteiger partial charge on any atom is 0.129 e. The largest absolute Gasteiger partial charge is 0.356 e. The van der Waals surface area contributed by atoms with E-state index in [0.29, 0.717) is 0 Å². The van der Waals surface area contributed by atoms with E-state index in [1.165, 1.54) is 82.3 Å². The van der Waals surface area contributed by atoms with Crippen molar-refractivity contribution < 1.29 is 0 Å². The molecule has 0 aliphatic carbocycles. The van der Waals surface area contributed by atoms with Crippen molar-refractivity contribution in [2.24, 2.45) is 0 Å². The van der Waals surface area contributed by atoms with Crippen LogP contribution in [0.1, 0.15) is 75.4 Å². The van der Waals surface area contributed by atoms with Gasteiger partial charge in [-0.25, -0.2) is 9.97 Å². The number of hydrogen-bond acceptors (Lipinski definition) is 3. The Morgan fingerprint density at radius 2 is 1.84 bits per heavy atom. The fourth-order valence-electron chi connectivity index (χ4n) is 3.95. The molecule has 4 nitrogen and oxygen atoms in total. The number of hydrogen-bond donors (Lipinski definition) is 1. The van der Waals surface area contributed by atoms with Gasteiger partial charge in [0.05, 0.1) is 17.2 Å². The Hall–Kier alpha value is -1.42. The lowest BCUT2D eigenvalue weighted by atomic mass is 10.1. The van der Waals surface area contributed by atoms with E-state index in [-0.39, 0.29) is 0 Å². The molecular weight excluding hydrogens is 308 g/mol. The molecule has 1 saturated heterocycles. The molecule has 0 bridgehead atoms. The molecule has 0 aromatic carbocycles. The van der Waals surface area contributed by atoms with Crippen LogP contribution in [0.2, 0.25) is 0 Å². The van der Waals surface area contributed by atoms with Gasteiger partial charge < -0.3 is 9.88 Å². The van der Waals surface area contributed by atoms with Gasteiger partial charge in [0.25, 0.3) is 0 Å². The molecule has 3 rings (SSSR count). The lowest BCUT2D eigenvalue weighted by molar-refractivity contribution is 0.328. The summed E-state index contributed by atoms with van der Waals surface area (Å²) in [5, 5.41) is 0. The highest BCUT2D eigenvalue weighted by atomic mass is 15.1. The fraction of sp³-hybridized carbons (Fsp3) is 0.714. The van der Waals surface area contributed by atoms with Gasteiger partial charge in [-0.1, -0.05) is 26.2 Å². The maximum atomic E-state index is 4.85. The fourth-order valence-corrected chi connectivity index (χ4v) is 3.95. The molecule has 0 unspecified atom stereocenters. The molecule has 1 N–H and O–H groups in total. The van der Waals surface area contributed by atoms with Crippen LogP contribution in [0.15, 0.2) is 6.20 Å². The molecule has 25 heavy (non-hydrogen) atoms. The number of aryl methyl sites for hydroxylation is 3. The molecule has 0 radical (unpaired) electrons. The molecular formula is C21H34N4. The Kier molecular flexibility index (Phi) is 6.85. The number of fused-ring (bicyclic) bond motifs is 1. The van der Waals surface area contributed by atoms with Gasteiger partial charge >= 0.3 is 0 Å². The summed E-state index contributed by atoms with van der Waals surface area (Å²) in [4.78, 5) is 15.5. The summed E-state index contributed by atoms with van der Waals surface area (Å²) in [6, 6.07) is 0. The molecule has 0 atom stereocenters. The second kappa shape index (κ2) is 9.33. The number of aromatic nitrogens is 3. The summed E-state index contributed by atoms with van der Waals surface area (Å²) in [5.41, 5.74) is 4.95. The van der Waals surface area contributed by atoms with Crippen LogP contribution in [0.25, 0.3) is 11.0 Å². The van der Waals surface area contributed by atoms with Gasteiger partial charge in [-0.2, -0.15) is 0 Å². The minimum atomic E-state index is 0.993. The van der Waals surface area contributed by atoms with E-state index in [2.05, 4.69) is 28.7 Å². The molecule has 138 valence electrons. The van der Waals surface area contributed by atoms with Crippen molar-refractivity contribution >= 4 is 11.0 Å². The summed E-state index contributed by atoms with van der Waals surface area (Å²) in [7, 11) is 0. The number of nitrogens with one attached hydrogen (secondary N) is 1. The minimum Gasteiger partial charge on any atom is -0.356 e. The first kappa shape index (κ1) is 18.4. The van der Waals surface area contributed by atoms with Gasteiger partial charge in [0.15, 0.2) is 0 Å². The van der Waals surface area contributed by atoms with Crippen LogP contribution < -0.4 is 0 Å². The highest BCUT2D eigenvalue weighted by Crippen LogP contribution is 2.22. The highest BCUT2D eigenvalue weighted by molar-refractivity contribution is 5.79. The van der Waals surface area contributed by atoms with Crippen LogP contribution in [0, 0.1) is 6.92 Å². The second-order valence-electron chi connectivity index (χ2n) is 7.59. The summed E-state index contributed by atoms with van der Waals surface area (Å²) in [5.74, 6) is 1.00. The molecule has 4 heteroatoms. The van der Waals surface area contributed by atoms with Crippen LogP contribution in [0.5, 0.6) is 0 Å². The van der Waals surface area contributed by atoms with Crippen molar-refractivity contribution in [3.05, 3.63) is 23.3 Å². The predicted molar refractivity (Wildman–Crippen MR) is 105 cm³/mol. The normalized spacial score (nSPS) is 15.4. The van der Waals surface area contributed by atoms with Gasteiger partial charge in [0, 0.05) is 12.1 Å². The minimum absolute atomic E-state index is 0.993. The third-order valence-electron chi connectivity index (χ3n) is 5.50. The second-order valence-corrected chi connectivity index (χ2v) is 7.59. The maximum absolute atomic E-state index is 4.85. The topological polar surface area (TPSA) is 44.8 Å². The molecule has 2 aromatic heterocycles. The first-order chi connectivity index (χ1) is 12.3. The summed E-state index contributed by atoms with van der Waals surface area (Å²) in [6.45, 7) is 8.35. The number of H-pyrrole nitrogens is 1. The average Bonchev–Trinajstić information content (AvgIpc) is 3.23. The highest BCUT2D eigenvalue weighted by Gasteiger charge is 2.12. The Morgan fingerprint density at radius 1 is 1.04 bits per heavy atom. The Balaban J connectivity index is 1.48. The zero-order chi connectivity index (χ0) is 17.5. The quantitative estimate of drug-likeness (QED) is 0.630. The standard InChI is InChI=1S/C21H34N4/c1-3-4-12-20-22-16-19-21(24-20)18(17(2)23-19)11-7-5-6-8-13-25-14-9-10-15-25/h16,23H,3-15H2,1-2H3. The summed E-state index contributed by atoms with van der Waals surface area (Å²) in [6.07, 6.45) is 14.6. The molecule has 1 aliphatic rings. The SMILES string of the molecule is CCCCc1ncc2[nH]c(C)c(CCCCCCN3CCCC3)c2n1. The Labute approximate surface area is 152 Å². The lowest BCUT2D eigenvalue weighted by Gasteiger charge is -2.13. The number of likely N-dealkylation sites (tertiary alicyclic amines) is 1. The van der Waals surface area contributed by atoms with E-state index in [1.54, 1.807) is 0 Å². The molecule has 2 aromatic rings. The zero-order valence-corrected chi connectivity index (χ0v) is 16.1. The van der Waals surface area contributed by atoms with Crippen LogP contribution in [-0.4, -0.2) is 39.5 Å². The molecule has 1 fully saturated rings. The summed E-state index contributed by atoms with van der Waals surface area (Å²) < 4.78 is 0. The molecule has 3 heterocycles. The van der Waals surface area contributed by atoms with E-state index in [0.717, 1.165) is 29.7 Å². The van der Waals surface area contributed by atoms with E-state index in [4.69, 9.17) is 4.98 Å². The van der Waals surface area contributed by atoms with Gasteiger partial charge in [0.1, 0.15) is 5.82 Å². The molecule has 0 amide bonds. The van der Waals surface area contributed by atoms with Crippen molar-refractivity contribution in [3.63, 3.8) is 0 Å². The van der Waals surface area contributed by atoms with Gasteiger partial charge in [-0.3, -0.25) is 0 Å². The van der Waals surface area contributed by atoms with E-state index < -0.39 is 0 Å². The predicted octanol–water partition coefficient (Wildman–Crippen LogP) is 4.81. The zero-order valence-electron chi connectivity index (χ0n) is 16.1. The number of rotatable bonds is 10. The third-order valence-corrected chi connectivity index (χ3v) is 5.50. The third kappa shape index (κ3) is 5.04. The van der Waals surface area contributed by atoms with Crippen molar-refractivity contribution in [1.29, 1.82) is 0 Å². The van der Waals surface area contributed by atoms with Gasteiger partial charge in [0.2, 0.25) is 0 Å². The van der Waals surface area contributed by atoms with Crippen molar-refractivity contribution in [2.75, 3.05) is 19.6 Å². The first-order valence-electron chi connectivity index (χ1n) is 10.3. The molecule has 0 spiro atoms. The van der Waals surface area contributed by atoms with E-state index in [1.807, 2.05) is 6.20 Å². The Bertz CT molecular complexity index is 655. The number of aromatic amines is 1. The van der Waals surface area contributed by atoms with Crippen molar-refractivity contribution in [1.82, 2.24) is 19.9 Å². The van der Waals surface area contributed by atoms with Gasteiger partial charge in [-0.15, -0.1) is 0 Å². The van der Waals surface area contributed by atoms with Crippen molar-refractivity contribution in [2.45, 2.75) is 78.1 Å².